The molecule has 0 radical (unpaired) electrons. The van der Waals surface area contributed by atoms with Crippen LogP contribution in [0.3, 0.4) is 0 Å². The maximum atomic E-state index is 6.33. The van der Waals surface area contributed by atoms with Crippen molar-refractivity contribution in [2.75, 3.05) is 7.05 Å². The molecule has 0 heterocycles. The molecule has 2 N–H and O–H groups in total. The third kappa shape index (κ3) is 3.23. The molecule has 2 heteroatoms. The first-order valence-corrected chi connectivity index (χ1v) is 6.99. The average Bonchev–Trinajstić information content (AvgIpc) is 2.15. The minimum atomic E-state index is -0.172. The van der Waals surface area contributed by atoms with Crippen LogP contribution in [0.1, 0.15) is 67.2 Å². The van der Waals surface area contributed by atoms with Gasteiger partial charge < -0.3 is 5.73 Å². The average molecular weight is 240 g/mol. The van der Waals surface area contributed by atoms with E-state index in [9.17, 15) is 0 Å². The highest BCUT2D eigenvalue weighted by molar-refractivity contribution is 5.00. The number of likely N-dealkylation sites (N-methyl/N-ethyl adjacent to an activating group) is 1. The quantitative estimate of drug-likeness (QED) is 0.819. The number of nitrogens with two attached hydrogens (primary N) is 1. The molecule has 2 nitrogen and oxygen atoms in total. The maximum absolute atomic E-state index is 6.33. The molecular formula is C15H32N2. The Kier molecular flexibility index (Phi) is 4.01. The largest absolute Gasteiger partial charge is 0.324 e. The predicted molar refractivity (Wildman–Crippen MR) is 76.1 cm³/mol. The summed E-state index contributed by atoms with van der Waals surface area (Å²) in [6.45, 7) is 13.6. The third-order valence-corrected chi connectivity index (χ3v) is 5.31. The molecule has 0 aliphatic heterocycles. The van der Waals surface area contributed by atoms with Crippen molar-refractivity contribution in [3.8, 4) is 0 Å². The molecule has 0 aromatic heterocycles. The number of rotatable bonds is 3. The third-order valence-electron chi connectivity index (χ3n) is 5.31. The fraction of sp³-hybridized carbons (Fsp3) is 1.00. The maximum Gasteiger partial charge on any atom is 0.0327 e. The molecule has 0 saturated heterocycles. The summed E-state index contributed by atoms with van der Waals surface area (Å²) in [5.41, 5.74) is 6.74. The second-order valence-corrected chi connectivity index (χ2v) is 7.79. The lowest BCUT2D eigenvalue weighted by Gasteiger charge is -2.51. The molecule has 1 fully saturated rings. The smallest absolute Gasteiger partial charge is 0.0327 e. The summed E-state index contributed by atoms with van der Waals surface area (Å²) in [5.74, 6) is 0. The SMILES string of the molecule is CN(C1CCC(C)(C)CC1)C(C)(C)C(C)(C)N. The lowest BCUT2D eigenvalue weighted by molar-refractivity contribution is 0.0144. The lowest BCUT2D eigenvalue weighted by Crippen LogP contribution is -2.64. The van der Waals surface area contributed by atoms with Crippen molar-refractivity contribution >= 4 is 0 Å². The summed E-state index contributed by atoms with van der Waals surface area (Å²) in [5, 5.41) is 0. The molecule has 1 rings (SSSR count). The molecule has 0 unspecified atom stereocenters. The van der Waals surface area contributed by atoms with Gasteiger partial charge in [-0.2, -0.15) is 0 Å². The van der Waals surface area contributed by atoms with E-state index in [1.54, 1.807) is 0 Å². The van der Waals surface area contributed by atoms with Crippen LogP contribution in [-0.4, -0.2) is 29.1 Å². The minimum Gasteiger partial charge on any atom is -0.324 e. The van der Waals surface area contributed by atoms with E-state index in [0.717, 1.165) is 0 Å². The van der Waals surface area contributed by atoms with Gasteiger partial charge in [-0.15, -0.1) is 0 Å². The van der Waals surface area contributed by atoms with Crippen molar-refractivity contribution in [3.05, 3.63) is 0 Å². The van der Waals surface area contributed by atoms with E-state index in [1.165, 1.54) is 25.7 Å². The molecule has 17 heavy (non-hydrogen) atoms. The number of hydrogen-bond acceptors (Lipinski definition) is 2. The zero-order valence-electron chi connectivity index (χ0n) is 12.9. The van der Waals surface area contributed by atoms with Gasteiger partial charge >= 0.3 is 0 Å². The molecule has 0 aromatic carbocycles. The molecule has 0 amide bonds. The molecular weight excluding hydrogens is 208 g/mol. The van der Waals surface area contributed by atoms with E-state index >= 15 is 0 Å². The Morgan fingerprint density at radius 2 is 1.47 bits per heavy atom. The highest BCUT2D eigenvalue weighted by atomic mass is 15.2. The molecule has 0 aromatic rings. The monoisotopic (exact) mass is 240 g/mol. The van der Waals surface area contributed by atoms with Crippen molar-refractivity contribution in [1.82, 2.24) is 4.90 Å². The van der Waals surface area contributed by atoms with Gasteiger partial charge in [0, 0.05) is 17.1 Å². The minimum absolute atomic E-state index is 0.0408. The number of hydrogen-bond donors (Lipinski definition) is 1. The first-order valence-electron chi connectivity index (χ1n) is 6.99. The van der Waals surface area contributed by atoms with Crippen molar-refractivity contribution in [2.45, 2.75) is 84.3 Å². The topological polar surface area (TPSA) is 29.3 Å². The Morgan fingerprint density at radius 1 is 1.06 bits per heavy atom. The van der Waals surface area contributed by atoms with Gasteiger partial charge in [0.15, 0.2) is 0 Å². The summed E-state index contributed by atoms with van der Waals surface area (Å²) in [7, 11) is 2.25. The predicted octanol–water partition coefficient (Wildman–Crippen LogP) is 3.40. The molecule has 1 aliphatic carbocycles. The second-order valence-electron chi connectivity index (χ2n) is 7.79. The van der Waals surface area contributed by atoms with Crippen molar-refractivity contribution in [2.24, 2.45) is 11.1 Å². The summed E-state index contributed by atoms with van der Waals surface area (Å²) >= 11 is 0. The van der Waals surface area contributed by atoms with Crippen LogP contribution >= 0.6 is 0 Å². The van der Waals surface area contributed by atoms with Gasteiger partial charge in [-0.1, -0.05) is 13.8 Å². The van der Waals surface area contributed by atoms with Crippen LogP contribution in [0, 0.1) is 5.41 Å². The standard InChI is InChI=1S/C15H32N2/c1-13(2)10-8-12(9-11-13)17(7)15(5,6)14(3,4)16/h12H,8-11,16H2,1-7H3. The van der Waals surface area contributed by atoms with Crippen molar-refractivity contribution < 1.29 is 0 Å². The van der Waals surface area contributed by atoms with Crippen LogP contribution in [0.4, 0.5) is 0 Å². The van der Waals surface area contributed by atoms with Gasteiger partial charge in [0.25, 0.3) is 0 Å². The van der Waals surface area contributed by atoms with Gasteiger partial charge in [-0.3, -0.25) is 4.90 Å². The van der Waals surface area contributed by atoms with Gasteiger partial charge in [0.05, 0.1) is 0 Å². The van der Waals surface area contributed by atoms with Crippen LogP contribution in [0.15, 0.2) is 0 Å². The Bertz CT molecular complexity index is 251. The Hall–Kier alpha value is -0.0800. The van der Waals surface area contributed by atoms with Gasteiger partial charge in [-0.05, 0) is 65.8 Å². The molecule has 0 spiro atoms. The van der Waals surface area contributed by atoms with Crippen LogP contribution in [-0.2, 0) is 0 Å². The molecule has 1 aliphatic rings. The van der Waals surface area contributed by atoms with E-state index in [4.69, 9.17) is 5.73 Å². The first-order chi connectivity index (χ1) is 7.47. The Labute approximate surface area is 108 Å². The molecule has 1 saturated carbocycles. The zero-order chi connectivity index (χ0) is 13.5. The van der Waals surface area contributed by atoms with Crippen molar-refractivity contribution in [3.63, 3.8) is 0 Å². The molecule has 102 valence electrons. The van der Waals surface area contributed by atoms with Gasteiger partial charge in [-0.25, -0.2) is 0 Å². The van der Waals surface area contributed by atoms with Crippen LogP contribution < -0.4 is 5.73 Å². The first kappa shape index (κ1) is 15.0. The normalized spacial score (nSPS) is 23.1. The van der Waals surface area contributed by atoms with E-state index in [1.807, 2.05) is 0 Å². The summed E-state index contributed by atoms with van der Waals surface area (Å²) in [6, 6.07) is 0.695. The van der Waals surface area contributed by atoms with E-state index in [0.29, 0.717) is 11.5 Å². The van der Waals surface area contributed by atoms with Gasteiger partial charge in [0.1, 0.15) is 0 Å². The lowest BCUT2D eigenvalue weighted by atomic mass is 9.73. The molecule has 0 bridgehead atoms. The Morgan fingerprint density at radius 3 is 1.82 bits per heavy atom. The van der Waals surface area contributed by atoms with Crippen molar-refractivity contribution in [1.29, 1.82) is 0 Å². The highest BCUT2D eigenvalue weighted by Crippen LogP contribution is 2.39. The van der Waals surface area contributed by atoms with E-state index in [-0.39, 0.29) is 11.1 Å². The molecule has 0 atom stereocenters. The zero-order valence-corrected chi connectivity index (χ0v) is 12.9. The summed E-state index contributed by atoms with van der Waals surface area (Å²) in [6.07, 6.45) is 5.29. The number of nitrogens with zero attached hydrogens (tertiary/aromatic N) is 1. The fourth-order valence-corrected chi connectivity index (χ4v) is 2.68. The highest BCUT2D eigenvalue weighted by Gasteiger charge is 2.41. The summed E-state index contributed by atoms with van der Waals surface area (Å²) < 4.78 is 0. The van der Waals surface area contributed by atoms with Gasteiger partial charge in [0.2, 0.25) is 0 Å². The van der Waals surface area contributed by atoms with E-state index < -0.39 is 0 Å². The van der Waals surface area contributed by atoms with Crippen LogP contribution in [0.2, 0.25) is 0 Å². The second kappa shape index (κ2) is 4.55. The fourth-order valence-electron chi connectivity index (χ4n) is 2.68. The van der Waals surface area contributed by atoms with Crippen LogP contribution in [0.5, 0.6) is 0 Å². The van der Waals surface area contributed by atoms with Crippen LogP contribution in [0.25, 0.3) is 0 Å². The summed E-state index contributed by atoms with van der Waals surface area (Å²) in [4.78, 5) is 2.52. The Balaban J connectivity index is 2.69. The van der Waals surface area contributed by atoms with E-state index in [2.05, 4.69) is 53.5 Å².